The lowest BCUT2D eigenvalue weighted by Gasteiger charge is -2.10. The Morgan fingerprint density at radius 2 is 1.90 bits per heavy atom. The molecule has 0 aromatic carbocycles. The minimum absolute atomic E-state index is 0.178. The average molecular weight is 281 g/mol. The van der Waals surface area contributed by atoms with Crippen molar-refractivity contribution in [1.29, 1.82) is 0 Å². The standard InChI is InChI=1S/C13H7F4N3/c14-12-6-11-9(10-3-1-2-4-18-10)5-8(13(15,16)17)7-20(11)19-12/h1-7H. The van der Waals surface area contributed by atoms with Gasteiger partial charge in [0.1, 0.15) is 0 Å². The van der Waals surface area contributed by atoms with E-state index < -0.39 is 17.7 Å². The first-order valence-electron chi connectivity index (χ1n) is 5.63. The summed E-state index contributed by atoms with van der Waals surface area (Å²) in [5.41, 5.74) is -0.178. The SMILES string of the molecule is Fc1cc2c(-c3ccccn3)cc(C(F)(F)F)cn2n1. The molecule has 0 unspecified atom stereocenters. The summed E-state index contributed by atoms with van der Waals surface area (Å²) in [4.78, 5) is 4.00. The van der Waals surface area contributed by atoms with Gasteiger partial charge in [-0.2, -0.15) is 17.6 Å². The molecule has 0 spiro atoms. The van der Waals surface area contributed by atoms with E-state index in [2.05, 4.69) is 10.1 Å². The Bertz CT molecular complexity index is 762. The van der Waals surface area contributed by atoms with Crippen molar-refractivity contribution in [3.8, 4) is 11.3 Å². The van der Waals surface area contributed by atoms with Crippen LogP contribution in [-0.2, 0) is 6.18 Å². The minimum atomic E-state index is -4.54. The van der Waals surface area contributed by atoms with Gasteiger partial charge in [0.05, 0.1) is 16.8 Å². The molecular weight excluding hydrogens is 274 g/mol. The van der Waals surface area contributed by atoms with Gasteiger partial charge in [-0.25, -0.2) is 4.52 Å². The van der Waals surface area contributed by atoms with Crippen LogP contribution in [0, 0.1) is 5.95 Å². The van der Waals surface area contributed by atoms with Crippen LogP contribution in [0.3, 0.4) is 0 Å². The summed E-state index contributed by atoms with van der Waals surface area (Å²) >= 11 is 0. The second-order valence-electron chi connectivity index (χ2n) is 4.15. The summed E-state index contributed by atoms with van der Waals surface area (Å²) in [5, 5.41) is 3.40. The predicted octanol–water partition coefficient (Wildman–Crippen LogP) is 3.55. The van der Waals surface area contributed by atoms with E-state index in [1.165, 1.54) is 6.20 Å². The lowest BCUT2D eigenvalue weighted by atomic mass is 10.1. The van der Waals surface area contributed by atoms with Gasteiger partial charge >= 0.3 is 6.18 Å². The lowest BCUT2D eigenvalue weighted by Crippen LogP contribution is -2.07. The highest BCUT2D eigenvalue weighted by atomic mass is 19.4. The molecule has 0 fully saturated rings. The van der Waals surface area contributed by atoms with Crippen molar-refractivity contribution < 1.29 is 17.6 Å². The van der Waals surface area contributed by atoms with Crippen LogP contribution in [0.4, 0.5) is 17.6 Å². The number of pyridine rings is 2. The van der Waals surface area contributed by atoms with Crippen LogP contribution in [-0.4, -0.2) is 14.6 Å². The van der Waals surface area contributed by atoms with Crippen LogP contribution >= 0.6 is 0 Å². The van der Waals surface area contributed by atoms with E-state index in [9.17, 15) is 17.6 Å². The number of rotatable bonds is 1. The van der Waals surface area contributed by atoms with Gasteiger partial charge in [0.2, 0.25) is 5.95 Å². The quantitative estimate of drug-likeness (QED) is 0.638. The van der Waals surface area contributed by atoms with Gasteiger partial charge in [0.15, 0.2) is 0 Å². The number of fused-ring (bicyclic) bond motifs is 1. The van der Waals surface area contributed by atoms with Gasteiger partial charge in [0, 0.05) is 24.0 Å². The third kappa shape index (κ3) is 2.11. The number of hydrogen-bond donors (Lipinski definition) is 0. The highest BCUT2D eigenvalue weighted by molar-refractivity contribution is 5.78. The number of aromatic nitrogens is 3. The molecule has 0 atom stereocenters. The minimum Gasteiger partial charge on any atom is -0.256 e. The van der Waals surface area contributed by atoms with E-state index in [4.69, 9.17) is 0 Å². The Balaban J connectivity index is 2.34. The van der Waals surface area contributed by atoms with Crippen LogP contribution in [0.1, 0.15) is 5.56 Å². The maximum absolute atomic E-state index is 13.2. The molecule has 0 radical (unpaired) electrons. The lowest BCUT2D eigenvalue weighted by molar-refractivity contribution is -0.137. The molecule has 0 N–H and O–H groups in total. The second-order valence-corrected chi connectivity index (χ2v) is 4.15. The van der Waals surface area contributed by atoms with Crippen molar-refractivity contribution in [1.82, 2.24) is 14.6 Å². The Kier molecular flexibility index (Phi) is 2.70. The molecule has 3 rings (SSSR count). The summed E-state index contributed by atoms with van der Waals surface area (Å²) in [6.07, 6.45) is -2.33. The summed E-state index contributed by atoms with van der Waals surface area (Å²) in [5.74, 6) is -0.846. The maximum Gasteiger partial charge on any atom is 0.417 e. The van der Waals surface area contributed by atoms with E-state index in [1.54, 1.807) is 18.2 Å². The molecule has 0 saturated heterocycles. The zero-order chi connectivity index (χ0) is 14.3. The van der Waals surface area contributed by atoms with Crippen LogP contribution in [0.2, 0.25) is 0 Å². The molecule has 0 saturated carbocycles. The van der Waals surface area contributed by atoms with Crippen LogP contribution in [0.5, 0.6) is 0 Å². The molecule has 3 heterocycles. The molecule has 3 aromatic rings. The Morgan fingerprint density at radius 3 is 2.55 bits per heavy atom. The summed E-state index contributed by atoms with van der Waals surface area (Å²) < 4.78 is 52.7. The predicted molar refractivity (Wildman–Crippen MR) is 63.4 cm³/mol. The van der Waals surface area contributed by atoms with Gasteiger partial charge in [-0.15, -0.1) is 5.10 Å². The molecule has 3 aromatic heterocycles. The van der Waals surface area contributed by atoms with E-state index >= 15 is 0 Å². The van der Waals surface area contributed by atoms with Gasteiger partial charge in [-0.3, -0.25) is 4.98 Å². The molecule has 0 bridgehead atoms. The summed E-state index contributed by atoms with van der Waals surface area (Å²) in [6, 6.07) is 6.86. The van der Waals surface area contributed by atoms with Crippen molar-refractivity contribution in [2.24, 2.45) is 0 Å². The molecule has 3 nitrogen and oxygen atoms in total. The van der Waals surface area contributed by atoms with E-state index in [0.29, 0.717) is 5.69 Å². The second kappa shape index (κ2) is 4.29. The summed E-state index contributed by atoms with van der Waals surface area (Å²) in [7, 11) is 0. The number of hydrogen-bond acceptors (Lipinski definition) is 2. The van der Waals surface area contributed by atoms with E-state index in [0.717, 1.165) is 22.8 Å². The number of nitrogens with zero attached hydrogens (tertiary/aromatic N) is 3. The van der Waals surface area contributed by atoms with Crippen molar-refractivity contribution in [3.63, 3.8) is 0 Å². The summed E-state index contributed by atoms with van der Waals surface area (Å²) in [6.45, 7) is 0. The molecule has 0 aliphatic heterocycles. The third-order valence-electron chi connectivity index (χ3n) is 2.81. The molecular formula is C13H7F4N3. The van der Waals surface area contributed by atoms with Crippen molar-refractivity contribution in [3.05, 3.63) is 54.2 Å². The van der Waals surface area contributed by atoms with Gasteiger partial charge < -0.3 is 0 Å². The monoisotopic (exact) mass is 281 g/mol. The van der Waals surface area contributed by atoms with Crippen molar-refractivity contribution in [2.75, 3.05) is 0 Å². The van der Waals surface area contributed by atoms with Gasteiger partial charge in [0.25, 0.3) is 0 Å². The van der Waals surface area contributed by atoms with Crippen LogP contribution in [0.15, 0.2) is 42.7 Å². The molecule has 102 valence electrons. The fourth-order valence-corrected chi connectivity index (χ4v) is 1.94. The average Bonchev–Trinajstić information content (AvgIpc) is 2.77. The van der Waals surface area contributed by atoms with Gasteiger partial charge in [-0.1, -0.05) is 6.07 Å². The molecule has 7 heteroatoms. The molecule has 0 aliphatic carbocycles. The molecule has 20 heavy (non-hydrogen) atoms. The normalized spacial score (nSPS) is 12.0. The van der Waals surface area contributed by atoms with Crippen LogP contribution in [0.25, 0.3) is 16.8 Å². The van der Waals surface area contributed by atoms with Gasteiger partial charge in [-0.05, 0) is 18.2 Å². The van der Waals surface area contributed by atoms with Crippen molar-refractivity contribution >= 4 is 5.52 Å². The Labute approximate surface area is 110 Å². The van der Waals surface area contributed by atoms with Crippen LogP contribution < -0.4 is 0 Å². The Morgan fingerprint density at radius 1 is 1.10 bits per heavy atom. The van der Waals surface area contributed by atoms with Crippen molar-refractivity contribution in [2.45, 2.75) is 6.18 Å². The zero-order valence-electron chi connectivity index (χ0n) is 9.89. The maximum atomic E-state index is 13.2. The Hall–Kier alpha value is -2.44. The topological polar surface area (TPSA) is 30.2 Å². The number of halogens is 4. The number of alkyl halides is 3. The van der Waals surface area contributed by atoms with E-state index in [1.807, 2.05) is 0 Å². The first-order valence-corrected chi connectivity index (χ1v) is 5.63. The highest BCUT2D eigenvalue weighted by Gasteiger charge is 2.32. The van der Waals surface area contributed by atoms with E-state index in [-0.39, 0.29) is 11.1 Å². The smallest absolute Gasteiger partial charge is 0.256 e. The first kappa shape index (κ1) is 12.6. The third-order valence-corrected chi connectivity index (χ3v) is 2.81. The first-order chi connectivity index (χ1) is 9.45. The fraction of sp³-hybridized carbons (Fsp3) is 0.0769. The zero-order valence-corrected chi connectivity index (χ0v) is 9.89. The highest BCUT2D eigenvalue weighted by Crippen LogP contribution is 2.33. The molecule has 0 amide bonds. The largest absolute Gasteiger partial charge is 0.417 e. The fourth-order valence-electron chi connectivity index (χ4n) is 1.94. The molecule has 0 aliphatic rings.